The Kier molecular flexibility index (Phi) is 3.69. The van der Waals surface area contributed by atoms with Gasteiger partial charge < -0.3 is 15.5 Å². The predicted molar refractivity (Wildman–Crippen MR) is 52.3 cm³/mol. The summed E-state index contributed by atoms with van der Waals surface area (Å²) in [5, 5.41) is 0. The van der Waals surface area contributed by atoms with Gasteiger partial charge in [-0.05, 0) is 20.5 Å². The second-order valence-electron chi connectivity index (χ2n) is 3.94. The number of nitrogens with two attached hydrogens (primary N) is 1. The summed E-state index contributed by atoms with van der Waals surface area (Å²) in [7, 11) is 3.95. The third-order valence-corrected chi connectivity index (χ3v) is 2.35. The van der Waals surface area contributed by atoms with Crippen molar-refractivity contribution in [1.29, 1.82) is 0 Å². The number of carbonyl (C=O) groups is 1. The maximum atomic E-state index is 11.5. The summed E-state index contributed by atoms with van der Waals surface area (Å²) in [6.45, 7) is 2.41. The first-order valence-corrected chi connectivity index (χ1v) is 4.77. The van der Waals surface area contributed by atoms with Crippen LogP contribution in [0.15, 0.2) is 0 Å². The van der Waals surface area contributed by atoms with Gasteiger partial charge in [0.25, 0.3) is 0 Å². The normalized spacial score (nSPS) is 22.8. The van der Waals surface area contributed by atoms with E-state index in [1.807, 2.05) is 23.9 Å². The number of amides is 1. The Hall–Kier alpha value is -0.610. The van der Waals surface area contributed by atoms with Crippen LogP contribution in [0, 0.1) is 0 Å². The molecule has 1 saturated heterocycles. The minimum atomic E-state index is 0.198. The largest absolute Gasteiger partial charge is 0.341 e. The van der Waals surface area contributed by atoms with E-state index in [9.17, 15) is 4.79 Å². The molecule has 1 rings (SSSR count). The third kappa shape index (κ3) is 3.32. The first-order valence-electron chi connectivity index (χ1n) is 4.77. The average Bonchev–Trinajstić information content (AvgIpc) is 2.47. The van der Waals surface area contributed by atoms with Crippen molar-refractivity contribution < 1.29 is 4.79 Å². The van der Waals surface area contributed by atoms with E-state index in [0.29, 0.717) is 6.42 Å². The van der Waals surface area contributed by atoms with Gasteiger partial charge in [0, 0.05) is 32.1 Å². The van der Waals surface area contributed by atoms with Crippen molar-refractivity contribution in [3.05, 3.63) is 0 Å². The standard InChI is InChI=1S/C9H19N3O/c1-11(2)5-4-9(13)12-6-3-8(10)7-12/h8H,3-7,10H2,1-2H3. The molecular weight excluding hydrogens is 166 g/mol. The Morgan fingerprint density at radius 1 is 1.62 bits per heavy atom. The van der Waals surface area contributed by atoms with Gasteiger partial charge in [-0.15, -0.1) is 0 Å². The summed E-state index contributed by atoms with van der Waals surface area (Å²) >= 11 is 0. The Balaban J connectivity index is 2.24. The summed E-state index contributed by atoms with van der Waals surface area (Å²) in [5.74, 6) is 0.238. The van der Waals surface area contributed by atoms with E-state index >= 15 is 0 Å². The van der Waals surface area contributed by atoms with E-state index in [-0.39, 0.29) is 11.9 Å². The zero-order valence-corrected chi connectivity index (χ0v) is 8.49. The van der Waals surface area contributed by atoms with Crippen molar-refractivity contribution in [3.63, 3.8) is 0 Å². The summed E-state index contributed by atoms with van der Waals surface area (Å²) in [4.78, 5) is 15.4. The van der Waals surface area contributed by atoms with Gasteiger partial charge in [-0.3, -0.25) is 4.79 Å². The van der Waals surface area contributed by atoms with Gasteiger partial charge in [0.05, 0.1) is 0 Å². The third-order valence-electron chi connectivity index (χ3n) is 2.35. The Morgan fingerprint density at radius 3 is 2.77 bits per heavy atom. The number of carbonyl (C=O) groups excluding carboxylic acids is 1. The molecule has 0 aromatic carbocycles. The summed E-state index contributed by atoms with van der Waals surface area (Å²) in [6.07, 6.45) is 1.56. The lowest BCUT2D eigenvalue weighted by Gasteiger charge is -2.17. The van der Waals surface area contributed by atoms with Gasteiger partial charge >= 0.3 is 0 Å². The molecule has 1 aliphatic rings. The minimum Gasteiger partial charge on any atom is -0.341 e. The first-order chi connectivity index (χ1) is 6.09. The molecule has 0 saturated carbocycles. The van der Waals surface area contributed by atoms with Crippen LogP contribution in [0.4, 0.5) is 0 Å². The molecule has 4 nitrogen and oxygen atoms in total. The molecule has 0 radical (unpaired) electrons. The van der Waals surface area contributed by atoms with Crippen molar-refractivity contribution in [1.82, 2.24) is 9.80 Å². The van der Waals surface area contributed by atoms with Crippen LogP contribution in [-0.4, -0.2) is 55.5 Å². The zero-order chi connectivity index (χ0) is 9.84. The molecule has 2 N–H and O–H groups in total. The van der Waals surface area contributed by atoms with E-state index in [1.54, 1.807) is 0 Å². The zero-order valence-electron chi connectivity index (χ0n) is 8.49. The molecule has 1 fully saturated rings. The van der Waals surface area contributed by atoms with Crippen LogP contribution in [-0.2, 0) is 4.79 Å². The number of likely N-dealkylation sites (tertiary alicyclic amines) is 1. The van der Waals surface area contributed by atoms with Crippen LogP contribution in [0.5, 0.6) is 0 Å². The maximum Gasteiger partial charge on any atom is 0.223 e. The second-order valence-corrected chi connectivity index (χ2v) is 3.94. The molecule has 1 heterocycles. The molecule has 1 aliphatic heterocycles. The Labute approximate surface area is 79.7 Å². The quantitative estimate of drug-likeness (QED) is 0.645. The molecule has 0 spiro atoms. The lowest BCUT2D eigenvalue weighted by Crippen LogP contribution is -2.33. The van der Waals surface area contributed by atoms with Crippen LogP contribution in [0.3, 0.4) is 0 Å². The highest BCUT2D eigenvalue weighted by Crippen LogP contribution is 2.08. The van der Waals surface area contributed by atoms with Crippen molar-refractivity contribution in [2.24, 2.45) is 5.73 Å². The van der Waals surface area contributed by atoms with Crippen LogP contribution in [0.1, 0.15) is 12.8 Å². The predicted octanol–water partition coefficient (Wildman–Crippen LogP) is -0.502. The number of rotatable bonds is 3. The van der Waals surface area contributed by atoms with Gasteiger partial charge in [-0.25, -0.2) is 0 Å². The van der Waals surface area contributed by atoms with E-state index in [1.165, 1.54) is 0 Å². The average molecular weight is 185 g/mol. The monoisotopic (exact) mass is 185 g/mol. The van der Waals surface area contributed by atoms with Gasteiger partial charge in [0.15, 0.2) is 0 Å². The lowest BCUT2D eigenvalue weighted by atomic mass is 10.3. The van der Waals surface area contributed by atoms with Crippen LogP contribution < -0.4 is 5.73 Å². The molecule has 13 heavy (non-hydrogen) atoms. The van der Waals surface area contributed by atoms with E-state index in [4.69, 9.17) is 5.73 Å². The SMILES string of the molecule is CN(C)CCC(=O)N1CCC(N)C1. The Bertz CT molecular complexity index is 182. The smallest absolute Gasteiger partial charge is 0.223 e. The second kappa shape index (κ2) is 4.58. The molecule has 0 aromatic heterocycles. The van der Waals surface area contributed by atoms with Crippen molar-refractivity contribution >= 4 is 5.91 Å². The van der Waals surface area contributed by atoms with Crippen molar-refractivity contribution in [2.75, 3.05) is 33.7 Å². The lowest BCUT2D eigenvalue weighted by molar-refractivity contribution is -0.130. The first kappa shape index (κ1) is 10.5. The fourth-order valence-corrected chi connectivity index (χ4v) is 1.49. The maximum absolute atomic E-state index is 11.5. The molecule has 1 amide bonds. The van der Waals surface area contributed by atoms with Crippen LogP contribution in [0.25, 0.3) is 0 Å². The molecule has 0 aromatic rings. The van der Waals surface area contributed by atoms with Gasteiger partial charge in [0.1, 0.15) is 0 Å². The van der Waals surface area contributed by atoms with E-state index < -0.39 is 0 Å². The molecular formula is C9H19N3O. The van der Waals surface area contributed by atoms with Gasteiger partial charge in [-0.2, -0.15) is 0 Å². The Morgan fingerprint density at radius 2 is 2.31 bits per heavy atom. The minimum absolute atomic E-state index is 0.198. The fourth-order valence-electron chi connectivity index (χ4n) is 1.49. The van der Waals surface area contributed by atoms with Crippen LogP contribution in [0.2, 0.25) is 0 Å². The van der Waals surface area contributed by atoms with Gasteiger partial charge in [0.2, 0.25) is 5.91 Å². The van der Waals surface area contributed by atoms with Gasteiger partial charge in [-0.1, -0.05) is 0 Å². The highest BCUT2D eigenvalue weighted by molar-refractivity contribution is 5.76. The molecule has 0 aliphatic carbocycles. The number of hydrogen-bond donors (Lipinski definition) is 1. The van der Waals surface area contributed by atoms with Crippen LogP contribution >= 0.6 is 0 Å². The van der Waals surface area contributed by atoms with Crippen molar-refractivity contribution in [2.45, 2.75) is 18.9 Å². The summed E-state index contributed by atoms with van der Waals surface area (Å²) < 4.78 is 0. The molecule has 4 heteroatoms. The molecule has 1 unspecified atom stereocenters. The number of nitrogens with zero attached hydrogens (tertiary/aromatic N) is 2. The van der Waals surface area contributed by atoms with E-state index in [0.717, 1.165) is 26.1 Å². The topological polar surface area (TPSA) is 49.6 Å². The van der Waals surface area contributed by atoms with E-state index in [2.05, 4.69) is 0 Å². The summed E-state index contributed by atoms with van der Waals surface area (Å²) in [6, 6.07) is 0.198. The number of hydrogen-bond acceptors (Lipinski definition) is 3. The summed E-state index contributed by atoms with van der Waals surface area (Å²) in [5.41, 5.74) is 5.71. The fraction of sp³-hybridized carbons (Fsp3) is 0.889. The molecule has 1 atom stereocenters. The molecule has 0 bridgehead atoms. The highest BCUT2D eigenvalue weighted by atomic mass is 16.2. The molecule has 76 valence electrons. The highest BCUT2D eigenvalue weighted by Gasteiger charge is 2.22. The van der Waals surface area contributed by atoms with Crippen molar-refractivity contribution in [3.8, 4) is 0 Å².